The molecule has 0 amide bonds. The second-order valence-electron chi connectivity index (χ2n) is 9.70. The van der Waals surface area contributed by atoms with Crippen LogP contribution >= 0.6 is 46.4 Å². The predicted molar refractivity (Wildman–Crippen MR) is 110 cm³/mol. The molecule has 0 aromatic carbocycles. The van der Waals surface area contributed by atoms with Gasteiger partial charge >= 0.3 is 5.97 Å². The number of carbonyl (C=O) groups is 1. The number of fused-ring (bicyclic) bond motifs is 3. The Morgan fingerprint density at radius 3 is 2.23 bits per heavy atom. The number of hydrogen-bond acceptors (Lipinski definition) is 1. The number of aliphatic carboxylic acids is 1. The minimum absolute atomic E-state index is 0.00590. The van der Waals surface area contributed by atoms with Crippen molar-refractivity contribution in [3.63, 3.8) is 0 Å². The molecular formula is C20H30Cl4O2. The van der Waals surface area contributed by atoms with Crippen LogP contribution in [0.25, 0.3) is 0 Å². The third-order valence-electron chi connectivity index (χ3n) is 8.30. The van der Waals surface area contributed by atoms with Crippen molar-refractivity contribution in [1.82, 2.24) is 0 Å². The van der Waals surface area contributed by atoms with Crippen LogP contribution < -0.4 is 0 Å². The molecule has 3 rings (SSSR count). The average Bonchev–Trinajstić information content (AvgIpc) is 2.54. The summed E-state index contributed by atoms with van der Waals surface area (Å²) in [5.74, 6) is -0.448. The topological polar surface area (TPSA) is 37.3 Å². The number of hydrogen-bond donors (Lipinski definition) is 1. The fraction of sp³-hybridized carbons (Fsp3) is 0.950. The highest BCUT2D eigenvalue weighted by molar-refractivity contribution is 6.41. The first-order valence-corrected chi connectivity index (χ1v) is 11.4. The molecule has 0 aromatic rings. The monoisotopic (exact) mass is 442 g/mol. The van der Waals surface area contributed by atoms with Crippen molar-refractivity contribution in [2.24, 2.45) is 28.6 Å². The molecule has 0 spiro atoms. The lowest BCUT2D eigenvalue weighted by molar-refractivity contribution is -0.170. The SMILES string of the molecule is CC(C)[C@]1(Cl)CC[C@H]2[C@]3(C)CCC[C@@](C)(C(=O)O)[C@@H]3C[C@H](Cl)[C@]2(Cl)[C@@H]1Cl. The summed E-state index contributed by atoms with van der Waals surface area (Å²) in [5, 5.41) is 9.15. The van der Waals surface area contributed by atoms with Gasteiger partial charge in [-0.1, -0.05) is 27.2 Å². The summed E-state index contributed by atoms with van der Waals surface area (Å²) in [4.78, 5) is 10.8. The summed E-state index contributed by atoms with van der Waals surface area (Å²) >= 11 is 28.2. The molecule has 0 heterocycles. The van der Waals surface area contributed by atoms with Crippen LogP contribution in [0.3, 0.4) is 0 Å². The zero-order chi connectivity index (χ0) is 19.7. The van der Waals surface area contributed by atoms with Crippen LogP contribution in [-0.2, 0) is 4.79 Å². The van der Waals surface area contributed by atoms with E-state index in [1.165, 1.54) is 0 Å². The van der Waals surface area contributed by atoms with Gasteiger partial charge in [0.15, 0.2) is 0 Å². The van der Waals surface area contributed by atoms with Crippen LogP contribution in [0.4, 0.5) is 0 Å². The summed E-state index contributed by atoms with van der Waals surface area (Å²) < 4.78 is 0. The fourth-order valence-corrected chi connectivity index (χ4v) is 8.73. The van der Waals surface area contributed by atoms with Gasteiger partial charge in [-0.05, 0) is 62.2 Å². The second kappa shape index (κ2) is 6.57. The molecule has 2 nitrogen and oxygen atoms in total. The van der Waals surface area contributed by atoms with Crippen LogP contribution in [0.2, 0.25) is 0 Å². The molecule has 1 N–H and O–H groups in total. The van der Waals surface area contributed by atoms with Crippen molar-refractivity contribution in [3.05, 3.63) is 0 Å². The van der Waals surface area contributed by atoms with Crippen LogP contribution in [0.1, 0.15) is 66.2 Å². The minimum Gasteiger partial charge on any atom is -0.481 e. The first-order chi connectivity index (χ1) is 11.8. The molecule has 0 unspecified atom stereocenters. The van der Waals surface area contributed by atoms with Gasteiger partial charge in [0.1, 0.15) is 0 Å². The second-order valence-corrected chi connectivity index (χ2v) is 12.0. The fourth-order valence-electron chi connectivity index (χ4n) is 6.55. The van der Waals surface area contributed by atoms with E-state index in [0.717, 1.165) is 25.7 Å². The van der Waals surface area contributed by atoms with Gasteiger partial charge in [-0.2, -0.15) is 0 Å². The molecular weight excluding hydrogens is 414 g/mol. The molecule has 0 aliphatic heterocycles. The Kier molecular flexibility index (Phi) is 5.40. The molecule has 3 aliphatic rings. The summed E-state index contributed by atoms with van der Waals surface area (Å²) in [7, 11) is 0. The summed E-state index contributed by atoms with van der Waals surface area (Å²) in [6.45, 7) is 8.29. The van der Waals surface area contributed by atoms with E-state index in [2.05, 4.69) is 20.8 Å². The molecule has 3 saturated carbocycles. The summed E-state index contributed by atoms with van der Waals surface area (Å²) in [5.41, 5.74) is -0.936. The van der Waals surface area contributed by atoms with Crippen molar-refractivity contribution < 1.29 is 9.90 Å². The van der Waals surface area contributed by atoms with Crippen molar-refractivity contribution >= 4 is 52.4 Å². The van der Waals surface area contributed by atoms with Gasteiger partial charge in [0.05, 0.1) is 25.9 Å². The quantitative estimate of drug-likeness (QED) is 0.493. The molecule has 3 fully saturated rings. The Morgan fingerprint density at radius 2 is 1.69 bits per heavy atom. The predicted octanol–water partition coefficient (Wildman–Crippen LogP) is 6.52. The van der Waals surface area contributed by atoms with Gasteiger partial charge in [-0.25, -0.2) is 0 Å². The molecule has 0 bridgehead atoms. The lowest BCUT2D eigenvalue weighted by atomic mass is 9.43. The minimum atomic E-state index is -0.810. The molecule has 6 heteroatoms. The van der Waals surface area contributed by atoms with E-state index >= 15 is 0 Å². The van der Waals surface area contributed by atoms with E-state index in [9.17, 15) is 9.90 Å². The van der Waals surface area contributed by atoms with Gasteiger partial charge in [0.2, 0.25) is 0 Å². The smallest absolute Gasteiger partial charge is 0.309 e. The zero-order valence-electron chi connectivity index (χ0n) is 16.0. The van der Waals surface area contributed by atoms with E-state index < -0.39 is 26.5 Å². The Labute approximate surface area is 177 Å². The molecule has 0 aromatic heterocycles. The third-order valence-corrected chi connectivity index (χ3v) is 11.5. The van der Waals surface area contributed by atoms with Crippen LogP contribution in [0, 0.1) is 28.6 Å². The Hall–Kier alpha value is 0.630. The van der Waals surface area contributed by atoms with E-state index in [0.29, 0.717) is 12.8 Å². The summed E-state index contributed by atoms with van der Waals surface area (Å²) in [6.07, 6.45) is 4.79. The largest absolute Gasteiger partial charge is 0.481 e. The Balaban J connectivity index is 2.08. The first-order valence-electron chi connectivity index (χ1n) is 9.74. The Bertz CT molecular complexity index is 598. The van der Waals surface area contributed by atoms with Gasteiger partial charge in [0.25, 0.3) is 0 Å². The normalized spacial score (nSPS) is 54.5. The zero-order valence-corrected chi connectivity index (χ0v) is 19.0. The number of alkyl halides is 4. The molecule has 3 aliphatic carbocycles. The van der Waals surface area contributed by atoms with E-state index in [1.54, 1.807) is 0 Å². The van der Waals surface area contributed by atoms with Crippen molar-refractivity contribution in [3.8, 4) is 0 Å². The highest BCUT2D eigenvalue weighted by atomic mass is 35.5. The van der Waals surface area contributed by atoms with E-state index in [1.807, 2.05) is 6.92 Å². The number of halogens is 4. The maximum absolute atomic E-state index is 12.2. The summed E-state index contributed by atoms with van der Waals surface area (Å²) in [6, 6.07) is 0. The van der Waals surface area contributed by atoms with E-state index in [-0.39, 0.29) is 28.5 Å². The molecule has 150 valence electrons. The highest BCUT2D eigenvalue weighted by Gasteiger charge is 2.70. The maximum Gasteiger partial charge on any atom is 0.309 e. The molecule has 26 heavy (non-hydrogen) atoms. The van der Waals surface area contributed by atoms with Gasteiger partial charge in [-0.15, -0.1) is 46.4 Å². The number of carboxylic acid groups (broad SMARTS) is 1. The van der Waals surface area contributed by atoms with Crippen LogP contribution in [-0.4, -0.2) is 31.6 Å². The van der Waals surface area contributed by atoms with Crippen LogP contribution in [0.5, 0.6) is 0 Å². The molecule has 8 atom stereocenters. The first kappa shape index (κ1) is 21.3. The van der Waals surface area contributed by atoms with Crippen molar-refractivity contribution in [2.75, 3.05) is 0 Å². The number of carboxylic acids is 1. The standard InChI is InChI=1S/C20H30Cl4O2/c1-11(2)19(23)9-6-12-17(3)7-5-8-18(4,16(25)26)13(17)10-14(21)20(12,24)15(19)22/h11-15H,5-10H2,1-4H3,(H,25,26)/t12-,13+,14-,15+,17-,18+,19+,20-/m0/s1. The molecule has 0 saturated heterocycles. The van der Waals surface area contributed by atoms with Crippen molar-refractivity contribution in [1.29, 1.82) is 0 Å². The van der Waals surface area contributed by atoms with Gasteiger partial charge < -0.3 is 5.11 Å². The highest BCUT2D eigenvalue weighted by Crippen LogP contribution is 2.69. The maximum atomic E-state index is 12.2. The van der Waals surface area contributed by atoms with Gasteiger partial charge in [-0.3, -0.25) is 4.79 Å². The molecule has 0 radical (unpaired) electrons. The third kappa shape index (κ3) is 2.61. The van der Waals surface area contributed by atoms with Crippen molar-refractivity contribution in [2.45, 2.75) is 86.7 Å². The Morgan fingerprint density at radius 1 is 1.08 bits per heavy atom. The number of rotatable bonds is 2. The van der Waals surface area contributed by atoms with E-state index in [4.69, 9.17) is 46.4 Å². The van der Waals surface area contributed by atoms with Gasteiger partial charge in [0, 0.05) is 0 Å². The lowest BCUT2D eigenvalue weighted by Gasteiger charge is -2.66. The average molecular weight is 444 g/mol. The van der Waals surface area contributed by atoms with Crippen LogP contribution in [0.15, 0.2) is 0 Å². The lowest BCUT2D eigenvalue weighted by Crippen LogP contribution is -2.70.